The molecule has 21 heavy (non-hydrogen) atoms. The molecule has 0 aromatic heterocycles. The minimum Gasteiger partial charge on any atom is -0.311 e. The van der Waals surface area contributed by atoms with E-state index in [1.54, 1.807) is 6.07 Å². The summed E-state index contributed by atoms with van der Waals surface area (Å²) in [4.78, 5) is 2.57. The summed E-state index contributed by atoms with van der Waals surface area (Å²) in [6, 6.07) is 8.39. The van der Waals surface area contributed by atoms with Gasteiger partial charge in [0.05, 0.1) is 0 Å². The van der Waals surface area contributed by atoms with Gasteiger partial charge in [0.2, 0.25) is 0 Å². The largest absolute Gasteiger partial charge is 0.311 e. The molecule has 0 aliphatic carbocycles. The molecule has 1 aliphatic rings. The van der Waals surface area contributed by atoms with Crippen LogP contribution in [0.2, 0.25) is 0 Å². The van der Waals surface area contributed by atoms with Crippen molar-refractivity contribution >= 4 is 0 Å². The summed E-state index contributed by atoms with van der Waals surface area (Å²) in [6.45, 7) is 11.1. The van der Waals surface area contributed by atoms with E-state index in [1.165, 1.54) is 18.9 Å². The zero-order chi connectivity index (χ0) is 15.4. The van der Waals surface area contributed by atoms with Crippen molar-refractivity contribution in [3.05, 3.63) is 35.6 Å². The molecular formula is C18H29FN2. The van der Waals surface area contributed by atoms with Crippen LogP contribution in [-0.4, -0.2) is 30.1 Å². The van der Waals surface area contributed by atoms with Crippen molar-refractivity contribution in [2.75, 3.05) is 13.1 Å². The van der Waals surface area contributed by atoms with Gasteiger partial charge in [0.25, 0.3) is 0 Å². The molecule has 3 atom stereocenters. The highest BCUT2D eigenvalue weighted by Gasteiger charge is 2.32. The number of nitrogens with one attached hydrogen (secondary N) is 1. The molecule has 3 unspecified atom stereocenters. The molecule has 2 nitrogen and oxygen atoms in total. The fourth-order valence-corrected chi connectivity index (χ4v) is 3.42. The number of hydrogen-bond acceptors (Lipinski definition) is 2. The summed E-state index contributed by atoms with van der Waals surface area (Å²) < 4.78 is 13.5. The minimum absolute atomic E-state index is 0.138. The van der Waals surface area contributed by atoms with Crippen LogP contribution in [0.25, 0.3) is 0 Å². The average Bonchev–Trinajstić information content (AvgIpc) is 2.46. The second-order valence-electron chi connectivity index (χ2n) is 6.63. The molecular weight excluding hydrogens is 263 g/mol. The normalized spacial score (nSPS) is 25.2. The van der Waals surface area contributed by atoms with E-state index in [4.69, 9.17) is 0 Å². The van der Waals surface area contributed by atoms with Crippen molar-refractivity contribution < 1.29 is 4.39 Å². The Morgan fingerprint density at radius 2 is 2.10 bits per heavy atom. The predicted molar refractivity (Wildman–Crippen MR) is 86.8 cm³/mol. The molecule has 0 radical (unpaired) electrons. The molecule has 2 rings (SSSR count). The van der Waals surface area contributed by atoms with E-state index >= 15 is 0 Å². The van der Waals surface area contributed by atoms with Crippen molar-refractivity contribution in [1.82, 2.24) is 10.2 Å². The first-order chi connectivity index (χ1) is 10.0. The number of halogens is 1. The monoisotopic (exact) mass is 292 g/mol. The van der Waals surface area contributed by atoms with Crippen LogP contribution < -0.4 is 5.32 Å². The molecule has 118 valence electrons. The molecule has 1 N–H and O–H groups in total. The summed E-state index contributed by atoms with van der Waals surface area (Å²) in [5.74, 6) is 0.455. The highest BCUT2D eigenvalue weighted by Crippen LogP contribution is 2.28. The maximum Gasteiger partial charge on any atom is 0.123 e. The zero-order valence-corrected chi connectivity index (χ0v) is 13.8. The lowest BCUT2D eigenvalue weighted by Crippen LogP contribution is -2.58. The molecule has 1 aromatic carbocycles. The summed E-state index contributed by atoms with van der Waals surface area (Å²) in [7, 11) is 0. The van der Waals surface area contributed by atoms with Crippen LogP contribution in [0.5, 0.6) is 0 Å². The first-order valence-corrected chi connectivity index (χ1v) is 8.27. The quantitative estimate of drug-likeness (QED) is 0.883. The SMILES string of the molecule is CCCC1CN(C(C)c2cccc(F)c2)C(C(C)C)CN1. The van der Waals surface area contributed by atoms with Gasteiger partial charge in [-0.05, 0) is 37.0 Å². The van der Waals surface area contributed by atoms with E-state index in [0.717, 1.165) is 18.7 Å². The average molecular weight is 292 g/mol. The first-order valence-electron chi connectivity index (χ1n) is 8.27. The molecule has 0 spiro atoms. The number of piperazine rings is 1. The van der Waals surface area contributed by atoms with Crippen LogP contribution >= 0.6 is 0 Å². The second kappa shape index (κ2) is 7.37. The molecule has 1 fully saturated rings. The zero-order valence-electron chi connectivity index (χ0n) is 13.8. The lowest BCUT2D eigenvalue weighted by atomic mass is 9.93. The van der Waals surface area contributed by atoms with Gasteiger partial charge in [0.1, 0.15) is 5.82 Å². The third-order valence-corrected chi connectivity index (χ3v) is 4.71. The molecule has 1 aromatic rings. The Labute approximate surface area is 128 Å². The highest BCUT2D eigenvalue weighted by atomic mass is 19.1. The van der Waals surface area contributed by atoms with E-state index in [-0.39, 0.29) is 11.9 Å². The molecule has 0 saturated carbocycles. The molecule has 0 bridgehead atoms. The number of hydrogen-bond donors (Lipinski definition) is 1. The number of benzene rings is 1. The maximum absolute atomic E-state index is 13.5. The Morgan fingerprint density at radius 1 is 1.33 bits per heavy atom. The van der Waals surface area contributed by atoms with Crippen LogP contribution in [0.1, 0.15) is 52.1 Å². The Morgan fingerprint density at radius 3 is 2.71 bits per heavy atom. The topological polar surface area (TPSA) is 15.3 Å². The molecule has 1 aliphatic heterocycles. The Bertz CT molecular complexity index is 447. The van der Waals surface area contributed by atoms with Crippen LogP contribution in [0.15, 0.2) is 24.3 Å². The molecule has 1 heterocycles. The van der Waals surface area contributed by atoms with Crippen molar-refractivity contribution in [3.8, 4) is 0 Å². The molecule has 1 saturated heterocycles. The van der Waals surface area contributed by atoms with E-state index in [0.29, 0.717) is 18.0 Å². The third-order valence-electron chi connectivity index (χ3n) is 4.71. The van der Waals surface area contributed by atoms with Gasteiger partial charge >= 0.3 is 0 Å². The van der Waals surface area contributed by atoms with Gasteiger partial charge < -0.3 is 5.32 Å². The van der Waals surface area contributed by atoms with Gasteiger partial charge in [0, 0.05) is 31.2 Å². The smallest absolute Gasteiger partial charge is 0.123 e. The van der Waals surface area contributed by atoms with Crippen molar-refractivity contribution in [1.29, 1.82) is 0 Å². The van der Waals surface area contributed by atoms with Gasteiger partial charge in [-0.25, -0.2) is 4.39 Å². The summed E-state index contributed by atoms with van der Waals surface area (Å²) >= 11 is 0. The summed E-state index contributed by atoms with van der Waals surface area (Å²) in [5, 5.41) is 3.68. The van der Waals surface area contributed by atoms with Gasteiger partial charge in [-0.1, -0.05) is 39.3 Å². The highest BCUT2D eigenvalue weighted by molar-refractivity contribution is 5.20. The summed E-state index contributed by atoms with van der Waals surface area (Å²) in [6.07, 6.45) is 2.41. The van der Waals surface area contributed by atoms with E-state index < -0.39 is 0 Å². The lowest BCUT2D eigenvalue weighted by molar-refractivity contribution is 0.0597. The Hall–Kier alpha value is -0.930. The van der Waals surface area contributed by atoms with Gasteiger partial charge in [0.15, 0.2) is 0 Å². The van der Waals surface area contributed by atoms with Crippen LogP contribution in [0.4, 0.5) is 4.39 Å². The Kier molecular flexibility index (Phi) is 5.77. The number of nitrogens with zero attached hydrogens (tertiary/aromatic N) is 1. The fourth-order valence-electron chi connectivity index (χ4n) is 3.42. The minimum atomic E-state index is -0.138. The summed E-state index contributed by atoms with van der Waals surface area (Å²) in [5.41, 5.74) is 1.08. The van der Waals surface area contributed by atoms with Crippen LogP contribution in [-0.2, 0) is 0 Å². The van der Waals surface area contributed by atoms with E-state index in [9.17, 15) is 4.39 Å². The van der Waals surface area contributed by atoms with Gasteiger partial charge in [-0.3, -0.25) is 4.90 Å². The standard InChI is InChI=1S/C18H29FN2/c1-5-7-17-12-21(18(11-20-17)13(2)3)14(4)15-8-6-9-16(19)10-15/h6,8-10,13-14,17-18,20H,5,7,11-12H2,1-4H3. The lowest BCUT2D eigenvalue weighted by Gasteiger charge is -2.45. The maximum atomic E-state index is 13.5. The van der Waals surface area contributed by atoms with E-state index in [2.05, 4.69) is 37.9 Å². The molecule has 0 amide bonds. The fraction of sp³-hybridized carbons (Fsp3) is 0.667. The van der Waals surface area contributed by atoms with Crippen LogP contribution in [0.3, 0.4) is 0 Å². The van der Waals surface area contributed by atoms with Crippen molar-refractivity contribution in [2.24, 2.45) is 5.92 Å². The Balaban J connectivity index is 2.18. The third kappa shape index (κ3) is 4.04. The van der Waals surface area contributed by atoms with Crippen molar-refractivity contribution in [3.63, 3.8) is 0 Å². The predicted octanol–water partition coefficient (Wildman–Crippen LogP) is 3.99. The van der Waals surface area contributed by atoms with Gasteiger partial charge in [-0.15, -0.1) is 0 Å². The number of rotatable bonds is 5. The van der Waals surface area contributed by atoms with Crippen molar-refractivity contribution in [2.45, 2.75) is 58.7 Å². The van der Waals surface area contributed by atoms with Crippen LogP contribution in [0, 0.1) is 11.7 Å². The molecule has 3 heteroatoms. The first kappa shape index (κ1) is 16.4. The second-order valence-corrected chi connectivity index (χ2v) is 6.63. The van der Waals surface area contributed by atoms with Gasteiger partial charge in [-0.2, -0.15) is 0 Å². The van der Waals surface area contributed by atoms with E-state index in [1.807, 2.05) is 12.1 Å².